The van der Waals surface area contributed by atoms with E-state index in [1.165, 1.54) is 24.8 Å². The van der Waals surface area contributed by atoms with Crippen LogP contribution in [0.25, 0.3) is 0 Å². The summed E-state index contributed by atoms with van der Waals surface area (Å²) in [6.45, 7) is 0. The van der Waals surface area contributed by atoms with Gasteiger partial charge in [-0.15, -0.1) is 0 Å². The Morgan fingerprint density at radius 2 is 1.92 bits per heavy atom. The lowest BCUT2D eigenvalue weighted by molar-refractivity contribution is -0.111. The topological polar surface area (TPSA) is 29.1 Å². The van der Waals surface area contributed by atoms with E-state index in [-0.39, 0.29) is 5.78 Å². The monoisotopic (exact) mass is 163 g/mol. The van der Waals surface area contributed by atoms with Crippen LogP contribution in [-0.4, -0.2) is 5.78 Å². The number of rotatable bonds is 0. The molecule has 1 aliphatic carbocycles. The van der Waals surface area contributed by atoms with E-state index in [9.17, 15) is 4.79 Å². The van der Waals surface area contributed by atoms with Gasteiger partial charge in [-0.05, 0) is 31.3 Å². The molecule has 0 atom stereocenters. The molecule has 0 radical (unpaired) electrons. The Labute approximate surface area is 72.3 Å². The van der Waals surface area contributed by atoms with Gasteiger partial charge in [-0.25, -0.2) is 0 Å². The normalized spacial score (nSPS) is 23.2. The highest BCUT2D eigenvalue weighted by Crippen LogP contribution is 2.26. The molecule has 0 aromatic carbocycles. The molecular formula is C10H13NO. The van der Waals surface area contributed by atoms with Gasteiger partial charge in [0.2, 0.25) is 5.78 Å². The van der Waals surface area contributed by atoms with Crippen molar-refractivity contribution in [3.8, 4) is 0 Å². The molecule has 12 heavy (non-hydrogen) atoms. The summed E-state index contributed by atoms with van der Waals surface area (Å²) in [4.78, 5) is 11.3. The maximum Gasteiger partial charge on any atom is 0.203 e. The van der Waals surface area contributed by atoms with Crippen LogP contribution in [0.2, 0.25) is 0 Å². The molecule has 0 unspecified atom stereocenters. The van der Waals surface area contributed by atoms with Crippen LogP contribution < -0.4 is 5.32 Å². The first-order chi connectivity index (χ1) is 5.88. The Hall–Kier alpha value is -1.05. The molecule has 1 aliphatic heterocycles. The van der Waals surface area contributed by atoms with Gasteiger partial charge >= 0.3 is 0 Å². The highest BCUT2D eigenvalue weighted by Gasteiger charge is 2.17. The summed E-state index contributed by atoms with van der Waals surface area (Å²) in [5, 5.41) is 3.03. The number of carbonyl (C=O) groups is 1. The van der Waals surface area contributed by atoms with Crippen LogP contribution in [0.5, 0.6) is 0 Å². The molecule has 1 heterocycles. The maximum absolute atomic E-state index is 11.3. The molecule has 0 aromatic rings. The molecule has 1 saturated carbocycles. The quantitative estimate of drug-likeness (QED) is 0.552. The second-order valence-corrected chi connectivity index (χ2v) is 3.38. The van der Waals surface area contributed by atoms with Crippen LogP contribution in [0.4, 0.5) is 0 Å². The maximum atomic E-state index is 11.3. The lowest BCUT2D eigenvalue weighted by atomic mass is 9.93. The fraction of sp³-hybridized carbons (Fsp3) is 0.500. The molecule has 64 valence electrons. The zero-order valence-corrected chi connectivity index (χ0v) is 7.10. The van der Waals surface area contributed by atoms with E-state index >= 15 is 0 Å². The van der Waals surface area contributed by atoms with Gasteiger partial charge in [0, 0.05) is 12.3 Å². The van der Waals surface area contributed by atoms with Crippen molar-refractivity contribution in [3.63, 3.8) is 0 Å². The van der Waals surface area contributed by atoms with E-state index < -0.39 is 0 Å². The number of carbonyl (C=O) groups excluding carboxylic acids is 1. The van der Waals surface area contributed by atoms with Crippen molar-refractivity contribution in [2.45, 2.75) is 32.1 Å². The Morgan fingerprint density at radius 1 is 1.17 bits per heavy atom. The van der Waals surface area contributed by atoms with Crippen molar-refractivity contribution in [2.24, 2.45) is 0 Å². The van der Waals surface area contributed by atoms with Crippen molar-refractivity contribution < 1.29 is 4.79 Å². The molecule has 0 saturated heterocycles. The fourth-order valence-corrected chi connectivity index (χ4v) is 1.86. The summed E-state index contributed by atoms with van der Waals surface area (Å²) >= 11 is 0. The second kappa shape index (κ2) is 3.13. The van der Waals surface area contributed by atoms with Gasteiger partial charge in [0.15, 0.2) is 0 Å². The smallest absolute Gasteiger partial charge is 0.203 e. The third-order valence-corrected chi connectivity index (χ3v) is 2.52. The minimum Gasteiger partial charge on any atom is -0.358 e. The first kappa shape index (κ1) is 7.59. The van der Waals surface area contributed by atoms with E-state index in [2.05, 4.69) is 5.32 Å². The molecular weight excluding hydrogens is 150 g/mol. The van der Waals surface area contributed by atoms with E-state index in [0.717, 1.165) is 18.5 Å². The highest BCUT2D eigenvalue weighted by atomic mass is 16.1. The Kier molecular flexibility index (Phi) is 1.98. The molecule has 2 aliphatic rings. The number of nitrogens with one attached hydrogen (secondary N) is 1. The van der Waals surface area contributed by atoms with Gasteiger partial charge in [-0.3, -0.25) is 4.79 Å². The van der Waals surface area contributed by atoms with Gasteiger partial charge in [-0.1, -0.05) is 6.42 Å². The van der Waals surface area contributed by atoms with Crippen molar-refractivity contribution >= 4 is 5.78 Å². The Morgan fingerprint density at radius 3 is 2.50 bits per heavy atom. The molecule has 0 bridgehead atoms. The molecule has 0 spiro atoms. The largest absolute Gasteiger partial charge is 0.358 e. The van der Waals surface area contributed by atoms with E-state index in [0.29, 0.717) is 0 Å². The van der Waals surface area contributed by atoms with Crippen LogP contribution in [-0.2, 0) is 4.79 Å². The standard InChI is InChI=1S/C10H13NO/c12-9-6-7-11-10(9)8-4-2-1-3-5-8/h6-7,11H,1-5H2. The van der Waals surface area contributed by atoms with Gasteiger partial charge in [-0.2, -0.15) is 0 Å². The van der Waals surface area contributed by atoms with Crippen molar-refractivity contribution in [2.75, 3.05) is 0 Å². The average molecular weight is 163 g/mol. The Bertz CT molecular complexity index is 255. The molecule has 1 fully saturated rings. The van der Waals surface area contributed by atoms with Crippen LogP contribution in [0, 0.1) is 0 Å². The summed E-state index contributed by atoms with van der Waals surface area (Å²) in [5.41, 5.74) is 2.19. The predicted octanol–water partition coefficient (Wildman–Crippen LogP) is 1.89. The third-order valence-electron chi connectivity index (χ3n) is 2.52. The minimum atomic E-state index is 0.159. The van der Waals surface area contributed by atoms with Gasteiger partial charge < -0.3 is 5.32 Å². The van der Waals surface area contributed by atoms with Crippen molar-refractivity contribution in [1.29, 1.82) is 0 Å². The first-order valence-corrected chi connectivity index (χ1v) is 4.57. The van der Waals surface area contributed by atoms with Gasteiger partial charge in [0.1, 0.15) is 0 Å². The fourth-order valence-electron chi connectivity index (χ4n) is 1.86. The molecule has 2 rings (SSSR count). The SMILES string of the molecule is O=C1C=CNC1=C1CCCCC1. The lowest BCUT2D eigenvalue weighted by Crippen LogP contribution is -2.11. The van der Waals surface area contributed by atoms with Crippen LogP contribution >= 0.6 is 0 Å². The summed E-state index contributed by atoms with van der Waals surface area (Å²) < 4.78 is 0. The number of allylic oxidation sites excluding steroid dienone is 2. The van der Waals surface area contributed by atoms with Crippen molar-refractivity contribution in [1.82, 2.24) is 5.32 Å². The van der Waals surface area contributed by atoms with Gasteiger partial charge in [0.05, 0.1) is 5.70 Å². The first-order valence-electron chi connectivity index (χ1n) is 4.57. The number of hydrogen-bond acceptors (Lipinski definition) is 2. The molecule has 2 nitrogen and oxygen atoms in total. The van der Waals surface area contributed by atoms with E-state index in [1.807, 2.05) is 0 Å². The van der Waals surface area contributed by atoms with Gasteiger partial charge in [0.25, 0.3) is 0 Å². The minimum absolute atomic E-state index is 0.159. The Balaban J connectivity index is 2.18. The van der Waals surface area contributed by atoms with Crippen LogP contribution in [0.3, 0.4) is 0 Å². The predicted molar refractivity (Wildman–Crippen MR) is 47.4 cm³/mol. The average Bonchev–Trinajstić information content (AvgIpc) is 2.53. The summed E-state index contributed by atoms with van der Waals surface area (Å²) in [5.74, 6) is 0.159. The third kappa shape index (κ3) is 1.29. The molecule has 0 amide bonds. The summed E-state index contributed by atoms with van der Waals surface area (Å²) in [6.07, 6.45) is 9.36. The zero-order valence-electron chi connectivity index (χ0n) is 7.10. The second-order valence-electron chi connectivity index (χ2n) is 3.38. The van der Waals surface area contributed by atoms with Crippen molar-refractivity contribution in [3.05, 3.63) is 23.5 Å². The summed E-state index contributed by atoms with van der Waals surface area (Å²) in [6, 6.07) is 0. The highest BCUT2D eigenvalue weighted by molar-refractivity contribution is 6.06. The molecule has 2 heteroatoms. The zero-order chi connectivity index (χ0) is 8.39. The van der Waals surface area contributed by atoms with E-state index in [4.69, 9.17) is 0 Å². The van der Waals surface area contributed by atoms with Crippen LogP contribution in [0.1, 0.15) is 32.1 Å². The van der Waals surface area contributed by atoms with E-state index in [1.54, 1.807) is 12.3 Å². The molecule has 1 N–H and O–H groups in total. The summed E-state index contributed by atoms with van der Waals surface area (Å²) in [7, 11) is 0. The van der Waals surface area contributed by atoms with Crippen LogP contribution in [0.15, 0.2) is 23.5 Å². The number of hydrogen-bond donors (Lipinski definition) is 1. The number of ketones is 1. The molecule has 0 aromatic heterocycles. The lowest BCUT2D eigenvalue weighted by Gasteiger charge is -2.15.